The Bertz CT molecular complexity index is 1180. The van der Waals surface area contributed by atoms with Crippen molar-refractivity contribution in [2.45, 2.75) is 39.0 Å². The third kappa shape index (κ3) is 5.27. The predicted octanol–water partition coefficient (Wildman–Crippen LogP) is 4.90. The molecule has 0 aliphatic rings. The lowest BCUT2D eigenvalue weighted by Gasteiger charge is -2.12. The van der Waals surface area contributed by atoms with E-state index >= 15 is 0 Å². The Morgan fingerprint density at radius 3 is 2.10 bits per heavy atom. The lowest BCUT2D eigenvalue weighted by Crippen LogP contribution is -2.16. The molecule has 3 aromatic carbocycles. The first-order valence-electron chi connectivity index (χ1n) is 9.70. The van der Waals surface area contributed by atoms with Gasteiger partial charge in [0, 0.05) is 5.69 Å². The molecule has 0 unspecified atom stereocenters. The van der Waals surface area contributed by atoms with E-state index in [0.29, 0.717) is 11.4 Å². The summed E-state index contributed by atoms with van der Waals surface area (Å²) < 4.78 is 28.0. The molecule has 0 atom stereocenters. The molecule has 0 fully saturated rings. The first-order chi connectivity index (χ1) is 14.1. The van der Waals surface area contributed by atoms with Gasteiger partial charge in [0.05, 0.1) is 17.0 Å². The molecule has 3 aromatic rings. The van der Waals surface area contributed by atoms with E-state index in [2.05, 4.69) is 10.0 Å². The van der Waals surface area contributed by atoms with Crippen LogP contribution in [0.25, 0.3) is 0 Å². The van der Waals surface area contributed by atoms with Crippen LogP contribution in [0.1, 0.15) is 27.8 Å². The monoisotopic (exact) mass is 422 g/mol. The van der Waals surface area contributed by atoms with Gasteiger partial charge in [-0.05, 0) is 74.7 Å². The van der Waals surface area contributed by atoms with Crippen LogP contribution in [-0.2, 0) is 21.2 Å². The topological polar surface area (TPSA) is 75.3 Å². The largest absolute Gasteiger partial charge is 0.326 e. The SMILES string of the molecule is Cc1ccc(NS(=O)(=O)c2ccc(NC(=O)Cc3cc(C)ccc3C)cc2)c(C)c1. The second kappa shape index (κ2) is 8.71. The maximum absolute atomic E-state index is 12.7. The summed E-state index contributed by atoms with van der Waals surface area (Å²) in [4.78, 5) is 12.5. The zero-order chi connectivity index (χ0) is 21.9. The average Bonchev–Trinajstić information content (AvgIpc) is 2.67. The first-order valence-corrected chi connectivity index (χ1v) is 11.2. The number of aryl methyl sites for hydroxylation is 4. The number of benzene rings is 3. The maximum atomic E-state index is 12.7. The Morgan fingerprint density at radius 1 is 0.800 bits per heavy atom. The smallest absolute Gasteiger partial charge is 0.261 e. The molecule has 0 bridgehead atoms. The lowest BCUT2D eigenvalue weighted by atomic mass is 10.0. The fourth-order valence-electron chi connectivity index (χ4n) is 3.22. The van der Waals surface area contributed by atoms with Crippen LogP contribution in [-0.4, -0.2) is 14.3 Å². The van der Waals surface area contributed by atoms with Crippen molar-refractivity contribution in [3.63, 3.8) is 0 Å². The van der Waals surface area contributed by atoms with Gasteiger partial charge >= 0.3 is 0 Å². The van der Waals surface area contributed by atoms with Crippen molar-refractivity contribution in [1.29, 1.82) is 0 Å². The third-order valence-corrected chi connectivity index (χ3v) is 6.31. The average molecular weight is 423 g/mol. The minimum atomic E-state index is -3.72. The van der Waals surface area contributed by atoms with Gasteiger partial charge in [-0.25, -0.2) is 8.42 Å². The quantitative estimate of drug-likeness (QED) is 0.593. The maximum Gasteiger partial charge on any atom is 0.261 e. The van der Waals surface area contributed by atoms with Crippen LogP contribution in [0.15, 0.2) is 65.6 Å². The van der Waals surface area contributed by atoms with Gasteiger partial charge in [-0.1, -0.05) is 41.5 Å². The van der Waals surface area contributed by atoms with Gasteiger partial charge < -0.3 is 5.32 Å². The van der Waals surface area contributed by atoms with Crippen LogP contribution in [0.3, 0.4) is 0 Å². The van der Waals surface area contributed by atoms with Crippen molar-refractivity contribution in [3.05, 3.63) is 88.5 Å². The molecular weight excluding hydrogens is 396 g/mol. The van der Waals surface area contributed by atoms with E-state index < -0.39 is 10.0 Å². The second-order valence-electron chi connectivity index (χ2n) is 7.60. The molecule has 0 aliphatic heterocycles. The molecular formula is C24H26N2O3S. The predicted molar refractivity (Wildman–Crippen MR) is 121 cm³/mol. The molecule has 1 amide bonds. The number of sulfonamides is 1. The summed E-state index contributed by atoms with van der Waals surface area (Å²) in [6.07, 6.45) is 0.266. The number of anilines is 2. The number of carbonyl (C=O) groups excluding carboxylic acids is 1. The van der Waals surface area contributed by atoms with Crippen LogP contribution >= 0.6 is 0 Å². The van der Waals surface area contributed by atoms with E-state index in [9.17, 15) is 13.2 Å². The highest BCUT2D eigenvalue weighted by Crippen LogP contribution is 2.22. The summed E-state index contributed by atoms with van der Waals surface area (Å²) in [6, 6.07) is 17.7. The normalized spacial score (nSPS) is 11.2. The minimum Gasteiger partial charge on any atom is -0.326 e. The summed E-state index contributed by atoms with van der Waals surface area (Å²) in [6.45, 7) is 7.79. The van der Waals surface area contributed by atoms with Gasteiger partial charge in [-0.15, -0.1) is 0 Å². The van der Waals surface area contributed by atoms with E-state index in [0.717, 1.165) is 27.8 Å². The van der Waals surface area contributed by atoms with E-state index in [1.807, 2.05) is 58.0 Å². The number of amides is 1. The first kappa shape index (κ1) is 21.6. The Balaban J connectivity index is 1.69. The summed E-state index contributed by atoms with van der Waals surface area (Å²) in [5, 5.41) is 2.83. The van der Waals surface area contributed by atoms with E-state index in [4.69, 9.17) is 0 Å². The summed E-state index contributed by atoms with van der Waals surface area (Å²) in [5.74, 6) is -0.146. The van der Waals surface area contributed by atoms with Gasteiger partial charge in [0.2, 0.25) is 5.91 Å². The molecule has 2 N–H and O–H groups in total. The number of nitrogens with one attached hydrogen (secondary N) is 2. The molecule has 0 radical (unpaired) electrons. The van der Waals surface area contributed by atoms with E-state index in [1.165, 1.54) is 12.1 Å². The Kier molecular flexibility index (Phi) is 6.27. The third-order valence-electron chi connectivity index (χ3n) is 4.93. The molecule has 3 rings (SSSR count). The van der Waals surface area contributed by atoms with Crippen LogP contribution in [0, 0.1) is 27.7 Å². The van der Waals surface area contributed by atoms with Crippen molar-refractivity contribution in [1.82, 2.24) is 0 Å². The molecule has 0 aromatic heterocycles. The highest BCUT2D eigenvalue weighted by Gasteiger charge is 2.16. The Morgan fingerprint density at radius 2 is 1.43 bits per heavy atom. The molecule has 156 valence electrons. The standard InChI is InChI=1S/C24H26N2O3S/c1-16-6-12-23(19(4)13-16)26-30(28,29)22-10-8-21(9-11-22)25-24(27)15-20-14-17(2)5-7-18(20)3/h5-14,26H,15H2,1-4H3,(H,25,27). The zero-order valence-electron chi connectivity index (χ0n) is 17.6. The number of carbonyl (C=O) groups is 1. The van der Waals surface area contributed by atoms with Crippen LogP contribution in [0.4, 0.5) is 11.4 Å². The van der Waals surface area contributed by atoms with Crippen molar-refractivity contribution < 1.29 is 13.2 Å². The van der Waals surface area contributed by atoms with Crippen LogP contribution in [0.2, 0.25) is 0 Å². The summed E-state index contributed by atoms with van der Waals surface area (Å²) >= 11 is 0. The van der Waals surface area contributed by atoms with Gasteiger partial charge in [0.1, 0.15) is 0 Å². The highest BCUT2D eigenvalue weighted by molar-refractivity contribution is 7.92. The van der Waals surface area contributed by atoms with E-state index in [-0.39, 0.29) is 17.2 Å². The van der Waals surface area contributed by atoms with Crippen LogP contribution < -0.4 is 10.0 Å². The minimum absolute atomic E-state index is 0.134. The fourth-order valence-corrected chi connectivity index (χ4v) is 4.35. The molecule has 0 saturated carbocycles. The van der Waals surface area contributed by atoms with E-state index in [1.54, 1.807) is 18.2 Å². The Hall–Kier alpha value is -3.12. The van der Waals surface area contributed by atoms with Gasteiger partial charge in [-0.3, -0.25) is 9.52 Å². The zero-order valence-corrected chi connectivity index (χ0v) is 18.4. The molecule has 0 spiro atoms. The van der Waals surface area contributed by atoms with Crippen molar-refractivity contribution in [2.75, 3.05) is 10.0 Å². The summed E-state index contributed by atoms with van der Waals surface area (Å²) in [5.41, 5.74) is 6.17. The lowest BCUT2D eigenvalue weighted by molar-refractivity contribution is -0.115. The number of hydrogen-bond donors (Lipinski definition) is 2. The summed E-state index contributed by atoms with van der Waals surface area (Å²) in [7, 11) is -3.72. The molecule has 0 heterocycles. The Labute approximate surface area is 178 Å². The van der Waals surface area contributed by atoms with Gasteiger partial charge in [0.25, 0.3) is 10.0 Å². The fraction of sp³-hybridized carbons (Fsp3) is 0.208. The second-order valence-corrected chi connectivity index (χ2v) is 9.29. The molecule has 0 saturated heterocycles. The molecule has 30 heavy (non-hydrogen) atoms. The van der Waals surface area contributed by atoms with Crippen molar-refractivity contribution in [2.24, 2.45) is 0 Å². The molecule has 0 aliphatic carbocycles. The molecule has 6 heteroatoms. The van der Waals surface area contributed by atoms with Gasteiger partial charge in [-0.2, -0.15) is 0 Å². The van der Waals surface area contributed by atoms with Gasteiger partial charge in [0.15, 0.2) is 0 Å². The molecule has 5 nitrogen and oxygen atoms in total. The van der Waals surface area contributed by atoms with Crippen molar-refractivity contribution in [3.8, 4) is 0 Å². The van der Waals surface area contributed by atoms with Crippen LogP contribution in [0.5, 0.6) is 0 Å². The highest BCUT2D eigenvalue weighted by atomic mass is 32.2. The van der Waals surface area contributed by atoms with Crippen molar-refractivity contribution >= 4 is 27.3 Å². The number of hydrogen-bond acceptors (Lipinski definition) is 3. The number of rotatable bonds is 6.